The molecule has 0 aromatic heterocycles. The van der Waals surface area contributed by atoms with Crippen LogP contribution in [0.25, 0.3) is 65.0 Å². The van der Waals surface area contributed by atoms with Gasteiger partial charge in [-0.1, -0.05) is 103 Å². The highest BCUT2D eigenvalue weighted by molar-refractivity contribution is 6.28. The highest BCUT2D eigenvalue weighted by Crippen LogP contribution is 2.43. The van der Waals surface area contributed by atoms with E-state index in [0.717, 1.165) is 0 Å². The van der Waals surface area contributed by atoms with Crippen molar-refractivity contribution in [3.05, 3.63) is 109 Å². The third kappa shape index (κ3) is 2.06. The maximum atomic E-state index is 2.39. The first-order valence-corrected chi connectivity index (χ1v) is 10.5. The third-order valence-electron chi connectivity index (χ3n) is 6.57. The fourth-order valence-electron chi connectivity index (χ4n) is 5.27. The van der Waals surface area contributed by atoms with Crippen LogP contribution >= 0.6 is 0 Å². The molecule has 0 heterocycles. The molecule has 0 saturated carbocycles. The topological polar surface area (TPSA) is 0 Å². The van der Waals surface area contributed by atoms with Crippen LogP contribution in [-0.2, 0) is 0 Å². The highest BCUT2D eigenvalue weighted by Gasteiger charge is 2.15. The van der Waals surface area contributed by atoms with E-state index in [4.69, 9.17) is 0 Å². The van der Waals surface area contributed by atoms with Crippen molar-refractivity contribution in [3.63, 3.8) is 0 Å². The van der Waals surface area contributed by atoms with Crippen LogP contribution in [-0.4, -0.2) is 0 Å². The summed E-state index contributed by atoms with van der Waals surface area (Å²) in [4.78, 5) is 0. The minimum Gasteiger partial charge on any atom is -0.0616 e. The zero-order valence-electron chi connectivity index (χ0n) is 16.4. The van der Waals surface area contributed by atoms with E-state index in [9.17, 15) is 0 Å². The summed E-state index contributed by atoms with van der Waals surface area (Å²) >= 11 is 0. The molecular formula is C30H18. The lowest BCUT2D eigenvalue weighted by Gasteiger charge is -2.17. The number of fused-ring (bicyclic) bond motifs is 3. The molecule has 0 spiro atoms. The van der Waals surface area contributed by atoms with Gasteiger partial charge in [0.2, 0.25) is 0 Å². The third-order valence-corrected chi connectivity index (χ3v) is 6.57. The number of benzene rings is 7. The molecule has 0 N–H and O–H groups in total. The van der Waals surface area contributed by atoms with Crippen LogP contribution in [0.3, 0.4) is 0 Å². The Morgan fingerprint density at radius 3 is 1.73 bits per heavy atom. The largest absolute Gasteiger partial charge is 0.0616 e. The number of hydrogen-bond acceptors (Lipinski definition) is 0. The molecule has 0 bridgehead atoms. The highest BCUT2D eigenvalue weighted by atomic mass is 14.2. The molecule has 0 heteroatoms. The van der Waals surface area contributed by atoms with Gasteiger partial charge in [-0.3, -0.25) is 0 Å². The SMILES string of the molecule is c1ccc2c(c1)ccc1cccc(-c3cc4cccc5ccc6cccc3c6c54)c12. The first-order chi connectivity index (χ1) is 14.9. The lowest BCUT2D eigenvalue weighted by Crippen LogP contribution is -1.89. The van der Waals surface area contributed by atoms with Gasteiger partial charge in [-0.15, -0.1) is 0 Å². The van der Waals surface area contributed by atoms with Crippen molar-refractivity contribution in [2.75, 3.05) is 0 Å². The number of hydrogen-bond donors (Lipinski definition) is 0. The van der Waals surface area contributed by atoms with Crippen LogP contribution in [0, 0.1) is 0 Å². The van der Waals surface area contributed by atoms with Crippen molar-refractivity contribution in [1.82, 2.24) is 0 Å². The van der Waals surface area contributed by atoms with Crippen molar-refractivity contribution in [3.8, 4) is 11.1 Å². The summed E-state index contributed by atoms with van der Waals surface area (Å²) in [6.45, 7) is 0. The minimum absolute atomic E-state index is 1.29. The standard InChI is InChI=1S/C30H18/c1-2-11-24-19(6-1)14-15-21-8-4-12-25(29(21)24)27-18-23-10-3-7-20-16-17-22-9-5-13-26(27)30(22)28(20)23/h1-18H. The van der Waals surface area contributed by atoms with E-state index in [2.05, 4.69) is 109 Å². The Balaban J connectivity index is 1.73. The second-order valence-corrected chi connectivity index (χ2v) is 8.16. The van der Waals surface area contributed by atoms with Gasteiger partial charge in [0.1, 0.15) is 0 Å². The molecule has 0 saturated heterocycles. The molecule has 0 aliphatic rings. The maximum absolute atomic E-state index is 2.39. The molecule has 0 fully saturated rings. The summed E-state index contributed by atoms with van der Waals surface area (Å²) in [6, 6.07) is 40.1. The molecule has 0 aliphatic heterocycles. The van der Waals surface area contributed by atoms with Crippen molar-refractivity contribution >= 4 is 53.9 Å². The quantitative estimate of drug-likeness (QED) is 0.251. The van der Waals surface area contributed by atoms with E-state index in [1.807, 2.05) is 0 Å². The van der Waals surface area contributed by atoms with Gasteiger partial charge < -0.3 is 0 Å². The average molecular weight is 378 g/mol. The molecule has 7 aromatic carbocycles. The Kier molecular flexibility index (Phi) is 3.09. The predicted octanol–water partition coefficient (Wildman–Crippen LogP) is 8.56. The number of rotatable bonds is 1. The first-order valence-electron chi connectivity index (χ1n) is 10.5. The Labute approximate surface area is 174 Å². The van der Waals surface area contributed by atoms with Gasteiger partial charge in [0.15, 0.2) is 0 Å². The summed E-state index contributed by atoms with van der Waals surface area (Å²) in [5.41, 5.74) is 2.62. The van der Waals surface area contributed by atoms with Gasteiger partial charge >= 0.3 is 0 Å². The van der Waals surface area contributed by atoms with Crippen LogP contribution in [0.2, 0.25) is 0 Å². The summed E-state index contributed by atoms with van der Waals surface area (Å²) in [6.07, 6.45) is 0. The van der Waals surface area contributed by atoms with Crippen molar-refractivity contribution in [2.24, 2.45) is 0 Å². The normalized spacial score (nSPS) is 12.0. The van der Waals surface area contributed by atoms with E-state index < -0.39 is 0 Å². The lowest BCUT2D eigenvalue weighted by atomic mass is 9.86. The molecule has 0 nitrogen and oxygen atoms in total. The smallest absolute Gasteiger partial charge is 0.00206 e. The molecule has 138 valence electrons. The van der Waals surface area contributed by atoms with E-state index in [1.54, 1.807) is 0 Å². The van der Waals surface area contributed by atoms with Crippen molar-refractivity contribution < 1.29 is 0 Å². The van der Waals surface area contributed by atoms with Gasteiger partial charge in [-0.2, -0.15) is 0 Å². The lowest BCUT2D eigenvalue weighted by molar-refractivity contribution is 1.72. The van der Waals surface area contributed by atoms with E-state index in [1.165, 1.54) is 65.0 Å². The molecule has 0 radical (unpaired) electrons. The molecule has 0 unspecified atom stereocenters. The van der Waals surface area contributed by atoms with Crippen LogP contribution in [0.1, 0.15) is 0 Å². The zero-order chi connectivity index (χ0) is 19.7. The second kappa shape index (κ2) is 5.81. The summed E-state index contributed by atoms with van der Waals surface area (Å²) < 4.78 is 0. The maximum Gasteiger partial charge on any atom is -0.00206 e. The summed E-state index contributed by atoms with van der Waals surface area (Å²) in [7, 11) is 0. The van der Waals surface area contributed by atoms with E-state index in [0.29, 0.717) is 0 Å². The van der Waals surface area contributed by atoms with E-state index in [-0.39, 0.29) is 0 Å². The summed E-state index contributed by atoms with van der Waals surface area (Å²) in [5, 5.41) is 13.2. The van der Waals surface area contributed by atoms with Gasteiger partial charge in [-0.25, -0.2) is 0 Å². The fourth-order valence-corrected chi connectivity index (χ4v) is 5.27. The van der Waals surface area contributed by atoms with Crippen molar-refractivity contribution in [1.29, 1.82) is 0 Å². The predicted molar refractivity (Wildman–Crippen MR) is 131 cm³/mol. The van der Waals surface area contributed by atoms with E-state index >= 15 is 0 Å². The van der Waals surface area contributed by atoms with Crippen molar-refractivity contribution in [2.45, 2.75) is 0 Å². The van der Waals surface area contributed by atoms with Crippen LogP contribution in [0.5, 0.6) is 0 Å². The Morgan fingerprint density at radius 2 is 0.867 bits per heavy atom. The molecule has 0 aliphatic carbocycles. The van der Waals surface area contributed by atoms with Gasteiger partial charge in [0.25, 0.3) is 0 Å². The minimum atomic E-state index is 1.29. The summed E-state index contributed by atoms with van der Waals surface area (Å²) in [5.74, 6) is 0. The molecule has 0 amide bonds. The van der Waals surface area contributed by atoms with Crippen LogP contribution in [0.4, 0.5) is 0 Å². The van der Waals surface area contributed by atoms with Crippen LogP contribution in [0.15, 0.2) is 109 Å². The molecule has 30 heavy (non-hydrogen) atoms. The first kappa shape index (κ1) is 16.0. The van der Waals surface area contributed by atoms with Crippen LogP contribution < -0.4 is 0 Å². The molecule has 7 aromatic rings. The Hall–Kier alpha value is -3.90. The van der Waals surface area contributed by atoms with Gasteiger partial charge in [0.05, 0.1) is 0 Å². The molecular weight excluding hydrogens is 360 g/mol. The average Bonchev–Trinajstić information content (AvgIpc) is 2.82. The fraction of sp³-hybridized carbons (Fsp3) is 0. The molecule has 0 atom stereocenters. The zero-order valence-corrected chi connectivity index (χ0v) is 16.4. The second-order valence-electron chi connectivity index (χ2n) is 8.16. The monoisotopic (exact) mass is 378 g/mol. The molecule has 7 rings (SSSR count). The van der Waals surface area contributed by atoms with Gasteiger partial charge in [-0.05, 0) is 71.1 Å². The Morgan fingerprint density at radius 1 is 0.300 bits per heavy atom. The van der Waals surface area contributed by atoms with Gasteiger partial charge in [0, 0.05) is 0 Å². The Bertz CT molecular complexity index is 1740.